The van der Waals surface area contributed by atoms with Crippen molar-refractivity contribution in [3.05, 3.63) is 53.7 Å². The SMILES string of the molecule is O=C(Nc1ccccn1)c1ccc2ncsc2c1.[Fe]. The van der Waals surface area contributed by atoms with Crippen LogP contribution >= 0.6 is 11.3 Å². The largest absolute Gasteiger partial charge is 0.307 e. The van der Waals surface area contributed by atoms with E-state index in [9.17, 15) is 4.79 Å². The van der Waals surface area contributed by atoms with Crippen molar-refractivity contribution >= 4 is 33.3 Å². The normalized spacial score (nSPS) is 9.89. The van der Waals surface area contributed by atoms with Gasteiger partial charge in [0.2, 0.25) is 0 Å². The van der Waals surface area contributed by atoms with Gasteiger partial charge in [-0.3, -0.25) is 4.79 Å². The summed E-state index contributed by atoms with van der Waals surface area (Å²) >= 11 is 1.52. The van der Waals surface area contributed by atoms with Gasteiger partial charge in [-0.2, -0.15) is 0 Å². The van der Waals surface area contributed by atoms with Crippen molar-refractivity contribution in [1.82, 2.24) is 9.97 Å². The Hall–Kier alpha value is -1.75. The van der Waals surface area contributed by atoms with E-state index in [2.05, 4.69) is 15.3 Å². The van der Waals surface area contributed by atoms with Gasteiger partial charge in [0.05, 0.1) is 15.7 Å². The van der Waals surface area contributed by atoms with E-state index < -0.39 is 0 Å². The number of hydrogen-bond acceptors (Lipinski definition) is 4. The second-order valence-electron chi connectivity index (χ2n) is 3.70. The van der Waals surface area contributed by atoms with Crippen LogP contribution in [0, 0.1) is 0 Å². The summed E-state index contributed by atoms with van der Waals surface area (Å²) in [5.41, 5.74) is 3.29. The number of nitrogens with one attached hydrogen (secondary N) is 1. The zero-order valence-electron chi connectivity index (χ0n) is 9.68. The molecule has 3 aromatic rings. The minimum atomic E-state index is -0.163. The summed E-state index contributed by atoms with van der Waals surface area (Å²) in [4.78, 5) is 20.2. The average molecular weight is 311 g/mol. The van der Waals surface area contributed by atoms with Gasteiger partial charge in [0.1, 0.15) is 5.82 Å². The predicted octanol–water partition coefficient (Wildman–Crippen LogP) is 2.94. The molecule has 0 spiro atoms. The first kappa shape index (κ1) is 13.7. The van der Waals surface area contributed by atoms with Gasteiger partial charge >= 0.3 is 0 Å². The van der Waals surface area contributed by atoms with E-state index in [1.54, 1.807) is 29.9 Å². The Bertz CT molecular complexity index is 699. The van der Waals surface area contributed by atoms with E-state index in [-0.39, 0.29) is 23.0 Å². The number of thiazole rings is 1. The molecule has 0 bridgehead atoms. The number of carbonyl (C=O) groups excluding carboxylic acids is 1. The minimum Gasteiger partial charge on any atom is -0.307 e. The molecule has 1 aromatic carbocycles. The fraction of sp³-hybridized carbons (Fsp3) is 0. The number of fused-ring (bicyclic) bond motifs is 1. The van der Waals surface area contributed by atoms with Gasteiger partial charge < -0.3 is 5.32 Å². The Kier molecular flexibility index (Phi) is 4.27. The van der Waals surface area contributed by atoms with Gasteiger partial charge in [0.25, 0.3) is 5.91 Å². The van der Waals surface area contributed by atoms with Crippen molar-refractivity contribution in [3.63, 3.8) is 0 Å². The molecule has 0 fully saturated rings. The molecular formula is C13H9FeN3OS. The number of carbonyl (C=O) groups is 1. The maximum absolute atomic E-state index is 12.0. The van der Waals surface area contributed by atoms with Crippen LogP contribution in [0.2, 0.25) is 0 Å². The predicted molar refractivity (Wildman–Crippen MR) is 71.8 cm³/mol. The van der Waals surface area contributed by atoms with Crippen LogP contribution in [0.5, 0.6) is 0 Å². The van der Waals surface area contributed by atoms with Gasteiger partial charge in [-0.15, -0.1) is 11.3 Å². The number of rotatable bonds is 2. The number of nitrogens with zero attached hydrogens (tertiary/aromatic N) is 2. The van der Waals surface area contributed by atoms with Crippen LogP contribution in [0.3, 0.4) is 0 Å². The summed E-state index contributed by atoms with van der Waals surface area (Å²) in [6.45, 7) is 0. The second kappa shape index (κ2) is 5.93. The number of pyridine rings is 1. The fourth-order valence-electron chi connectivity index (χ4n) is 1.62. The molecule has 0 saturated carbocycles. The first-order chi connectivity index (χ1) is 8.83. The molecular weight excluding hydrogens is 302 g/mol. The summed E-state index contributed by atoms with van der Waals surface area (Å²) in [7, 11) is 0. The van der Waals surface area contributed by atoms with Crippen molar-refractivity contribution in [1.29, 1.82) is 0 Å². The Morgan fingerprint density at radius 3 is 2.84 bits per heavy atom. The molecule has 4 nitrogen and oxygen atoms in total. The first-order valence-corrected chi connectivity index (χ1v) is 6.26. The fourth-order valence-corrected chi connectivity index (χ4v) is 2.34. The number of hydrogen-bond donors (Lipinski definition) is 1. The second-order valence-corrected chi connectivity index (χ2v) is 4.59. The molecule has 0 radical (unpaired) electrons. The molecule has 2 aromatic heterocycles. The molecule has 96 valence electrons. The van der Waals surface area contributed by atoms with E-state index in [4.69, 9.17) is 0 Å². The van der Waals surface area contributed by atoms with Crippen molar-refractivity contribution in [3.8, 4) is 0 Å². The van der Waals surface area contributed by atoms with E-state index >= 15 is 0 Å². The monoisotopic (exact) mass is 311 g/mol. The summed E-state index contributed by atoms with van der Waals surface area (Å²) < 4.78 is 1.00. The van der Waals surface area contributed by atoms with Crippen LogP contribution < -0.4 is 5.32 Å². The standard InChI is InChI=1S/C13H9N3OS.Fe/c17-13(16-12-3-1-2-6-14-12)9-4-5-10-11(7-9)18-8-15-10;/h1-8H,(H,14,16,17);. The first-order valence-electron chi connectivity index (χ1n) is 5.38. The molecule has 1 amide bonds. The van der Waals surface area contributed by atoms with Gasteiger partial charge in [-0.1, -0.05) is 6.07 Å². The van der Waals surface area contributed by atoms with Crippen LogP contribution in [0.15, 0.2) is 48.1 Å². The summed E-state index contributed by atoms with van der Waals surface area (Å²) in [5.74, 6) is 0.385. The van der Waals surface area contributed by atoms with Gasteiger partial charge in [-0.25, -0.2) is 9.97 Å². The smallest absolute Gasteiger partial charge is 0.256 e. The van der Waals surface area contributed by atoms with Crippen LogP contribution in [0.1, 0.15) is 10.4 Å². The summed E-state index contributed by atoms with van der Waals surface area (Å²) in [6.07, 6.45) is 1.64. The van der Waals surface area contributed by atoms with Gasteiger partial charge in [-0.05, 0) is 30.3 Å². The third kappa shape index (κ3) is 2.98. The molecule has 2 heterocycles. The number of amides is 1. The summed E-state index contributed by atoms with van der Waals surface area (Å²) in [6, 6.07) is 10.8. The molecule has 0 unspecified atom stereocenters. The van der Waals surface area contributed by atoms with E-state index in [0.29, 0.717) is 11.4 Å². The van der Waals surface area contributed by atoms with Crippen LogP contribution in [-0.2, 0) is 17.1 Å². The molecule has 0 aliphatic rings. The molecule has 0 aliphatic carbocycles. The van der Waals surface area contributed by atoms with Gasteiger partial charge in [0.15, 0.2) is 0 Å². The van der Waals surface area contributed by atoms with Gasteiger partial charge in [0, 0.05) is 28.8 Å². The molecule has 3 rings (SSSR count). The maximum atomic E-state index is 12.0. The van der Waals surface area contributed by atoms with Crippen molar-refractivity contribution in [2.75, 3.05) is 5.32 Å². The Morgan fingerprint density at radius 1 is 1.16 bits per heavy atom. The summed E-state index contributed by atoms with van der Waals surface area (Å²) in [5, 5.41) is 2.75. The molecule has 0 atom stereocenters. The van der Waals surface area contributed by atoms with E-state index in [1.807, 2.05) is 18.2 Å². The zero-order chi connectivity index (χ0) is 12.4. The van der Waals surface area contributed by atoms with Crippen molar-refractivity contribution in [2.24, 2.45) is 0 Å². The number of aromatic nitrogens is 2. The molecule has 0 saturated heterocycles. The number of anilines is 1. The van der Waals surface area contributed by atoms with Crippen LogP contribution in [0.4, 0.5) is 5.82 Å². The van der Waals surface area contributed by atoms with E-state index in [0.717, 1.165) is 10.2 Å². The Morgan fingerprint density at radius 2 is 2.05 bits per heavy atom. The van der Waals surface area contributed by atoms with Crippen molar-refractivity contribution < 1.29 is 21.9 Å². The molecule has 6 heteroatoms. The van der Waals surface area contributed by atoms with Crippen LogP contribution in [0.25, 0.3) is 10.2 Å². The quantitative estimate of drug-likeness (QED) is 0.740. The van der Waals surface area contributed by atoms with Crippen molar-refractivity contribution in [2.45, 2.75) is 0 Å². The van der Waals surface area contributed by atoms with E-state index in [1.165, 1.54) is 11.3 Å². The topological polar surface area (TPSA) is 54.9 Å². The molecule has 19 heavy (non-hydrogen) atoms. The Balaban J connectivity index is 0.00000133. The third-order valence-electron chi connectivity index (χ3n) is 2.50. The number of benzene rings is 1. The Labute approximate surface area is 124 Å². The molecule has 1 N–H and O–H groups in total. The third-order valence-corrected chi connectivity index (χ3v) is 3.29. The zero-order valence-corrected chi connectivity index (χ0v) is 11.6. The molecule has 0 aliphatic heterocycles. The average Bonchev–Trinajstić information content (AvgIpc) is 2.87. The maximum Gasteiger partial charge on any atom is 0.256 e. The minimum absolute atomic E-state index is 0. The van der Waals surface area contributed by atoms with Crippen LogP contribution in [-0.4, -0.2) is 15.9 Å².